The first-order chi connectivity index (χ1) is 10.6. The van der Waals surface area contributed by atoms with E-state index in [4.69, 9.17) is 14.7 Å². The molecule has 2 N–H and O–H groups in total. The summed E-state index contributed by atoms with van der Waals surface area (Å²) >= 11 is 0. The maximum absolute atomic E-state index is 12.0. The second kappa shape index (κ2) is 7.48. The molecule has 0 bridgehead atoms. The van der Waals surface area contributed by atoms with Crippen molar-refractivity contribution in [2.75, 3.05) is 20.3 Å². The molecule has 1 heterocycles. The van der Waals surface area contributed by atoms with Crippen LogP contribution in [0.3, 0.4) is 0 Å². The van der Waals surface area contributed by atoms with Crippen LogP contribution in [-0.4, -0.2) is 37.4 Å². The first-order valence-electron chi connectivity index (χ1n) is 7.02. The highest BCUT2D eigenvalue weighted by Gasteiger charge is 2.17. The van der Waals surface area contributed by atoms with Crippen molar-refractivity contribution in [1.82, 2.24) is 5.32 Å². The fraction of sp³-hybridized carbons (Fsp3) is 0.375. The molecule has 0 aliphatic carbocycles. The average Bonchev–Trinajstić information content (AvgIpc) is 3.05. The minimum Gasteiger partial charge on any atom is -0.504 e. The molecule has 22 heavy (non-hydrogen) atoms. The zero-order valence-corrected chi connectivity index (χ0v) is 12.3. The fourth-order valence-electron chi connectivity index (χ4n) is 2.21. The molecule has 0 saturated carbocycles. The molecule has 1 aliphatic heterocycles. The van der Waals surface area contributed by atoms with Crippen LogP contribution in [0.5, 0.6) is 11.5 Å². The van der Waals surface area contributed by atoms with Gasteiger partial charge in [0.2, 0.25) is 0 Å². The number of nitrogens with one attached hydrogen (secondary N) is 1. The zero-order chi connectivity index (χ0) is 15.9. The average molecular weight is 302 g/mol. The number of hydrogen-bond donors (Lipinski definition) is 2. The van der Waals surface area contributed by atoms with Gasteiger partial charge in [0.05, 0.1) is 13.2 Å². The van der Waals surface area contributed by atoms with Crippen LogP contribution in [0.1, 0.15) is 18.4 Å². The molecule has 2 rings (SSSR count). The van der Waals surface area contributed by atoms with Crippen molar-refractivity contribution in [3.8, 4) is 17.6 Å². The number of aromatic hydroxyl groups is 1. The van der Waals surface area contributed by atoms with E-state index in [1.807, 2.05) is 6.07 Å². The van der Waals surface area contributed by atoms with Crippen LogP contribution in [0.4, 0.5) is 0 Å². The highest BCUT2D eigenvalue weighted by atomic mass is 16.5. The zero-order valence-electron chi connectivity index (χ0n) is 12.3. The first-order valence-corrected chi connectivity index (χ1v) is 7.02. The molecule has 1 atom stereocenters. The molecule has 1 aliphatic rings. The SMILES string of the molecule is COc1cc(C=C(C#N)C(=O)NCC2CCCO2)ccc1O. The van der Waals surface area contributed by atoms with Crippen molar-refractivity contribution < 1.29 is 19.4 Å². The van der Waals surface area contributed by atoms with Gasteiger partial charge in [0.15, 0.2) is 11.5 Å². The monoisotopic (exact) mass is 302 g/mol. The Labute approximate surface area is 129 Å². The number of carbonyl (C=O) groups excluding carboxylic acids is 1. The number of amides is 1. The summed E-state index contributed by atoms with van der Waals surface area (Å²) in [5.41, 5.74) is 0.587. The number of ether oxygens (including phenoxy) is 2. The number of benzene rings is 1. The van der Waals surface area contributed by atoms with Gasteiger partial charge in [0, 0.05) is 13.2 Å². The molecule has 0 radical (unpaired) electrons. The predicted octanol–water partition coefficient (Wildman–Crippen LogP) is 1.60. The normalized spacial score (nSPS) is 17.8. The van der Waals surface area contributed by atoms with Crippen LogP contribution in [0.2, 0.25) is 0 Å². The molecule has 1 amide bonds. The quantitative estimate of drug-likeness (QED) is 0.637. The van der Waals surface area contributed by atoms with Gasteiger partial charge >= 0.3 is 0 Å². The maximum atomic E-state index is 12.0. The molecule has 6 nitrogen and oxygen atoms in total. The summed E-state index contributed by atoms with van der Waals surface area (Å²) in [7, 11) is 1.43. The third kappa shape index (κ3) is 3.99. The number of carbonyl (C=O) groups is 1. The van der Waals surface area contributed by atoms with Gasteiger partial charge in [-0.05, 0) is 36.6 Å². The minimum atomic E-state index is -0.440. The number of phenols is 1. The molecular weight excluding hydrogens is 284 g/mol. The maximum Gasteiger partial charge on any atom is 0.262 e. The van der Waals surface area contributed by atoms with E-state index >= 15 is 0 Å². The molecule has 1 fully saturated rings. The largest absolute Gasteiger partial charge is 0.504 e. The molecule has 1 aromatic carbocycles. The molecule has 1 aromatic rings. The Morgan fingerprint density at radius 1 is 1.64 bits per heavy atom. The van der Waals surface area contributed by atoms with E-state index in [0.717, 1.165) is 19.4 Å². The standard InChI is InChI=1S/C16H18N2O4/c1-21-15-8-11(4-5-14(15)19)7-12(9-17)16(20)18-10-13-3-2-6-22-13/h4-5,7-8,13,19H,2-3,6,10H2,1H3,(H,18,20). The second-order valence-electron chi connectivity index (χ2n) is 4.95. The highest BCUT2D eigenvalue weighted by molar-refractivity contribution is 6.01. The Morgan fingerprint density at radius 2 is 2.45 bits per heavy atom. The van der Waals surface area contributed by atoms with E-state index in [2.05, 4.69) is 5.32 Å². The molecule has 0 aromatic heterocycles. The Kier molecular flexibility index (Phi) is 5.39. The van der Waals surface area contributed by atoms with Crippen molar-refractivity contribution >= 4 is 12.0 Å². The number of phenolic OH excluding ortho intramolecular Hbond substituents is 1. The summed E-state index contributed by atoms with van der Waals surface area (Å²) in [4.78, 5) is 12.0. The topological polar surface area (TPSA) is 91.6 Å². The number of nitriles is 1. The highest BCUT2D eigenvalue weighted by Crippen LogP contribution is 2.27. The smallest absolute Gasteiger partial charge is 0.262 e. The van der Waals surface area contributed by atoms with Gasteiger partial charge in [-0.2, -0.15) is 5.26 Å². The Balaban J connectivity index is 2.06. The lowest BCUT2D eigenvalue weighted by atomic mass is 10.1. The third-order valence-corrected chi connectivity index (χ3v) is 3.39. The van der Waals surface area contributed by atoms with Gasteiger partial charge in [-0.25, -0.2) is 0 Å². The number of methoxy groups -OCH3 is 1. The number of hydrogen-bond acceptors (Lipinski definition) is 5. The molecular formula is C16H18N2O4. The van der Waals surface area contributed by atoms with Crippen LogP contribution in [0, 0.1) is 11.3 Å². The van der Waals surface area contributed by atoms with Gasteiger partial charge in [-0.3, -0.25) is 4.79 Å². The molecule has 116 valence electrons. The summed E-state index contributed by atoms with van der Waals surface area (Å²) in [6, 6.07) is 6.49. The van der Waals surface area contributed by atoms with E-state index in [1.165, 1.54) is 19.3 Å². The van der Waals surface area contributed by atoms with Crippen LogP contribution >= 0.6 is 0 Å². The van der Waals surface area contributed by atoms with Crippen LogP contribution in [0.25, 0.3) is 6.08 Å². The van der Waals surface area contributed by atoms with Crippen LogP contribution < -0.4 is 10.1 Å². The van der Waals surface area contributed by atoms with Gasteiger partial charge < -0.3 is 19.9 Å². The van der Waals surface area contributed by atoms with Crippen molar-refractivity contribution in [2.24, 2.45) is 0 Å². The number of nitrogens with zero attached hydrogens (tertiary/aromatic N) is 1. The van der Waals surface area contributed by atoms with E-state index in [1.54, 1.807) is 12.1 Å². The number of rotatable bonds is 5. The molecule has 1 saturated heterocycles. The Morgan fingerprint density at radius 3 is 3.09 bits per heavy atom. The summed E-state index contributed by atoms with van der Waals surface area (Å²) in [6.45, 7) is 1.12. The summed E-state index contributed by atoms with van der Waals surface area (Å²) in [5, 5.41) is 21.4. The van der Waals surface area contributed by atoms with E-state index < -0.39 is 5.91 Å². The predicted molar refractivity (Wildman–Crippen MR) is 80.2 cm³/mol. The van der Waals surface area contributed by atoms with Crippen molar-refractivity contribution in [1.29, 1.82) is 5.26 Å². The van der Waals surface area contributed by atoms with E-state index in [0.29, 0.717) is 12.1 Å². The Hall–Kier alpha value is -2.52. The van der Waals surface area contributed by atoms with Gasteiger partial charge in [-0.15, -0.1) is 0 Å². The minimum absolute atomic E-state index is 0.000918. The first kappa shape index (κ1) is 15.9. The lowest BCUT2D eigenvalue weighted by molar-refractivity contribution is -0.117. The fourth-order valence-corrected chi connectivity index (χ4v) is 2.21. The summed E-state index contributed by atoms with van der Waals surface area (Å²) in [5.74, 6) is -0.156. The molecule has 6 heteroatoms. The summed E-state index contributed by atoms with van der Waals surface area (Å²) in [6.07, 6.45) is 3.39. The summed E-state index contributed by atoms with van der Waals surface area (Å²) < 4.78 is 10.4. The van der Waals surface area contributed by atoms with E-state index in [9.17, 15) is 9.90 Å². The lowest BCUT2D eigenvalue weighted by Gasteiger charge is -2.10. The van der Waals surface area contributed by atoms with Crippen molar-refractivity contribution in [3.63, 3.8) is 0 Å². The van der Waals surface area contributed by atoms with Crippen molar-refractivity contribution in [3.05, 3.63) is 29.3 Å². The van der Waals surface area contributed by atoms with Gasteiger partial charge in [-0.1, -0.05) is 6.07 Å². The third-order valence-electron chi connectivity index (χ3n) is 3.39. The van der Waals surface area contributed by atoms with Gasteiger partial charge in [0.25, 0.3) is 5.91 Å². The lowest BCUT2D eigenvalue weighted by Crippen LogP contribution is -2.32. The van der Waals surface area contributed by atoms with Crippen LogP contribution in [0.15, 0.2) is 23.8 Å². The molecule has 0 spiro atoms. The molecule has 1 unspecified atom stereocenters. The van der Waals surface area contributed by atoms with Crippen molar-refractivity contribution in [2.45, 2.75) is 18.9 Å². The van der Waals surface area contributed by atoms with Crippen LogP contribution in [-0.2, 0) is 9.53 Å². The Bertz CT molecular complexity index is 613. The van der Waals surface area contributed by atoms with E-state index in [-0.39, 0.29) is 23.2 Å². The van der Waals surface area contributed by atoms with Gasteiger partial charge in [0.1, 0.15) is 11.6 Å². The second-order valence-corrected chi connectivity index (χ2v) is 4.95.